The first-order valence-electron chi connectivity index (χ1n) is 9.05. The molecule has 4 heterocycles. The zero-order chi connectivity index (χ0) is 14.7. The summed E-state index contributed by atoms with van der Waals surface area (Å²) in [6, 6.07) is 0. The Morgan fingerprint density at radius 3 is 1.23 bits per heavy atom. The monoisotopic (exact) mass is 306 g/mol. The Morgan fingerprint density at radius 2 is 0.909 bits per heavy atom. The van der Waals surface area contributed by atoms with Gasteiger partial charge in [-0.25, -0.2) is 0 Å². The largest absolute Gasteiger partial charge is 0.368 e. The summed E-state index contributed by atoms with van der Waals surface area (Å²) < 4.78 is 25.8. The van der Waals surface area contributed by atoms with Gasteiger partial charge in [0.05, 0.1) is 0 Å². The number of fused-ring (bicyclic) bond motifs is 3. The first-order chi connectivity index (χ1) is 10.8. The highest BCUT2D eigenvalue weighted by Gasteiger charge is 2.76. The molecular weight excluding hydrogens is 280 g/mol. The van der Waals surface area contributed by atoms with Gasteiger partial charge in [-0.1, -0.05) is 12.2 Å². The Hall–Kier alpha value is -0.420. The van der Waals surface area contributed by atoms with Gasteiger partial charge in [-0.2, -0.15) is 0 Å². The number of hydrogen-bond acceptors (Lipinski definition) is 4. The van der Waals surface area contributed by atoms with Crippen molar-refractivity contribution in [2.24, 2.45) is 0 Å². The molecule has 4 saturated heterocycles. The van der Waals surface area contributed by atoms with Crippen LogP contribution in [0.3, 0.4) is 0 Å². The normalized spacial score (nSPS) is 53.8. The molecule has 0 N–H and O–H groups in total. The lowest BCUT2D eigenvalue weighted by Gasteiger charge is -2.61. The van der Waals surface area contributed by atoms with Crippen molar-refractivity contribution in [1.29, 1.82) is 0 Å². The third-order valence-electron chi connectivity index (χ3n) is 6.79. The Morgan fingerprint density at radius 1 is 0.500 bits per heavy atom. The van der Waals surface area contributed by atoms with Crippen LogP contribution >= 0.6 is 0 Å². The van der Waals surface area contributed by atoms with Gasteiger partial charge < -0.3 is 18.9 Å². The summed E-state index contributed by atoms with van der Waals surface area (Å²) in [6.45, 7) is 3.30. The van der Waals surface area contributed by atoms with Crippen LogP contribution in [0.5, 0.6) is 0 Å². The van der Waals surface area contributed by atoms with Crippen LogP contribution in [-0.2, 0) is 18.9 Å². The van der Waals surface area contributed by atoms with Crippen molar-refractivity contribution in [3.05, 3.63) is 12.2 Å². The number of rotatable bonds is 0. The van der Waals surface area contributed by atoms with Crippen LogP contribution in [0.25, 0.3) is 0 Å². The predicted molar refractivity (Wildman–Crippen MR) is 80.8 cm³/mol. The summed E-state index contributed by atoms with van der Waals surface area (Å²) in [7, 11) is 0. The predicted octanol–water partition coefficient (Wildman–Crippen LogP) is 2.75. The molecule has 4 atom stereocenters. The second-order valence-corrected chi connectivity index (χ2v) is 7.57. The Kier molecular flexibility index (Phi) is 2.90. The fourth-order valence-electron chi connectivity index (χ4n) is 6.03. The van der Waals surface area contributed by atoms with E-state index in [1.807, 2.05) is 0 Å². The molecule has 0 amide bonds. The minimum absolute atomic E-state index is 0.301. The number of ether oxygens (including phenoxy) is 4. The second kappa shape index (κ2) is 4.56. The fourth-order valence-corrected chi connectivity index (χ4v) is 6.03. The lowest BCUT2D eigenvalue weighted by molar-refractivity contribution is -0.294. The summed E-state index contributed by atoms with van der Waals surface area (Å²) in [5, 5.41) is 0. The van der Waals surface area contributed by atoms with E-state index in [1.165, 1.54) is 0 Å². The summed E-state index contributed by atoms with van der Waals surface area (Å²) in [6.07, 6.45) is 13.2. The van der Waals surface area contributed by atoms with Crippen LogP contribution in [0.15, 0.2) is 12.2 Å². The maximum atomic E-state index is 6.56. The van der Waals surface area contributed by atoms with Gasteiger partial charge in [0.2, 0.25) is 0 Å². The highest BCUT2D eigenvalue weighted by atomic mass is 16.6. The van der Waals surface area contributed by atoms with Crippen LogP contribution in [0.2, 0.25) is 0 Å². The molecule has 0 aromatic carbocycles. The highest BCUT2D eigenvalue weighted by molar-refractivity contribution is 5.38. The van der Waals surface area contributed by atoms with E-state index in [0.717, 1.165) is 77.8 Å². The Balaban J connectivity index is 1.73. The van der Waals surface area contributed by atoms with Gasteiger partial charge in [-0.15, -0.1) is 0 Å². The van der Waals surface area contributed by atoms with Crippen molar-refractivity contribution < 1.29 is 18.9 Å². The molecule has 0 saturated carbocycles. The molecule has 4 fully saturated rings. The molecule has 5 rings (SSSR count). The molecule has 0 aromatic heterocycles. The molecule has 22 heavy (non-hydrogen) atoms. The standard InChI is InChI=1S/C18H26O4/c1-5-15(19-11-1)9-10-16(6-2-12-20-16)18(8-4-14-22-18)17(15)7-3-13-21-17/h9-10H,1-8,11-14H2/t15-,16+,17-,18+. The van der Waals surface area contributed by atoms with E-state index in [1.54, 1.807) is 0 Å². The SMILES string of the molecule is C1=C[C@]2(CCCO2)[C@]2(CCCO2)[C@]2(CCCO2)[C@]12CCCO2. The van der Waals surface area contributed by atoms with E-state index in [0.29, 0.717) is 0 Å². The molecule has 0 bridgehead atoms. The van der Waals surface area contributed by atoms with Crippen molar-refractivity contribution in [2.75, 3.05) is 26.4 Å². The zero-order valence-electron chi connectivity index (χ0n) is 13.3. The minimum atomic E-state index is -0.355. The highest BCUT2D eigenvalue weighted by Crippen LogP contribution is 2.63. The molecule has 4 aliphatic heterocycles. The molecule has 0 radical (unpaired) electrons. The minimum Gasteiger partial charge on any atom is -0.368 e. The van der Waals surface area contributed by atoms with Gasteiger partial charge in [0.15, 0.2) is 0 Å². The third kappa shape index (κ3) is 1.40. The van der Waals surface area contributed by atoms with Crippen molar-refractivity contribution in [1.82, 2.24) is 0 Å². The van der Waals surface area contributed by atoms with Gasteiger partial charge >= 0.3 is 0 Å². The molecular formula is C18H26O4. The van der Waals surface area contributed by atoms with Crippen LogP contribution in [0.4, 0.5) is 0 Å². The molecule has 0 unspecified atom stereocenters. The lowest BCUT2D eigenvalue weighted by atomic mass is 9.56. The van der Waals surface area contributed by atoms with E-state index in [9.17, 15) is 0 Å². The lowest BCUT2D eigenvalue weighted by Crippen LogP contribution is -2.76. The first kappa shape index (κ1) is 14.0. The Bertz CT molecular complexity index is 429. The number of hydrogen-bond donors (Lipinski definition) is 0. The quantitative estimate of drug-likeness (QED) is 0.645. The molecule has 4 spiro atoms. The summed E-state index contributed by atoms with van der Waals surface area (Å²) in [5.41, 5.74) is -1.31. The molecule has 0 aromatic rings. The smallest absolute Gasteiger partial charge is 0.133 e. The average Bonchev–Trinajstić information content (AvgIpc) is 3.31. The summed E-state index contributed by atoms with van der Waals surface area (Å²) in [5.74, 6) is 0. The molecule has 4 heteroatoms. The van der Waals surface area contributed by atoms with Gasteiger partial charge in [0.1, 0.15) is 22.4 Å². The summed E-state index contributed by atoms with van der Waals surface area (Å²) in [4.78, 5) is 0. The van der Waals surface area contributed by atoms with Crippen LogP contribution < -0.4 is 0 Å². The van der Waals surface area contributed by atoms with Crippen LogP contribution in [0, 0.1) is 0 Å². The second-order valence-electron chi connectivity index (χ2n) is 7.57. The first-order valence-corrected chi connectivity index (χ1v) is 9.05. The molecule has 122 valence electrons. The molecule has 4 nitrogen and oxygen atoms in total. The van der Waals surface area contributed by atoms with Gasteiger partial charge in [-0.05, 0) is 51.4 Å². The van der Waals surface area contributed by atoms with Crippen molar-refractivity contribution in [3.8, 4) is 0 Å². The van der Waals surface area contributed by atoms with Crippen molar-refractivity contribution in [3.63, 3.8) is 0 Å². The zero-order valence-corrected chi connectivity index (χ0v) is 13.3. The van der Waals surface area contributed by atoms with Crippen LogP contribution in [-0.4, -0.2) is 48.8 Å². The Labute approximate surface area is 132 Å². The molecule has 5 aliphatic rings. The van der Waals surface area contributed by atoms with E-state index in [4.69, 9.17) is 18.9 Å². The van der Waals surface area contributed by atoms with E-state index < -0.39 is 0 Å². The maximum absolute atomic E-state index is 6.56. The van der Waals surface area contributed by atoms with E-state index in [2.05, 4.69) is 12.2 Å². The molecule has 1 aliphatic carbocycles. The van der Waals surface area contributed by atoms with E-state index in [-0.39, 0.29) is 22.4 Å². The van der Waals surface area contributed by atoms with Crippen molar-refractivity contribution >= 4 is 0 Å². The summed E-state index contributed by atoms with van der Waals surface area (Å²) >= 11 is 0. The topological polar surface area (TPSA) is 36.9 Å². The third-order valence-corrected chi connectivity index (χ3v) is 6.79. The van der Waals surface area contributed by atoms with Gasteiger partial charge in [0, 0.05) is 26.4 Å². The van der Waals surface area contributed by atoms with Gasteiger partial charge in [0.25, 0.3) is 0 Å². The average molecular weight is 306 g/mol. The van der Waals surface area contributed by atoms with Gasteiger partial charge in [-0.3, -0.25) is 0 Å². The van der Waals surface area contributed by atoms with Crippen molar-refractivity contribution in [2.45, 2.75) is 73.8 Å². The maximum Gasteiger partial charge on any atom is 0.133 e. The van der Waals surface area contributed by atoms with Crippen LogP contribution in [0.1, 0.15) is 51.4 Å². The van der Waals surface area contributed by atoms with E-state index >= 15 is 0 Å². The fraction of sp³-hybridized carbons (Fsp3) is 0.889.